The number of alkyl halides is 3. The molecule has 1 rings (SSSR count). The Morgan fingerprint density at radius 3 is 2.35 bits per heavy atom. The molecule has 1 heterocycles. The van der Waals surface area contributed by atoms with Crippen LogP contribution in [0, 0.1) is 5.41 Å². The summed E-state index contributed by atoms with van der Waals surface area (Å²) in [6.07, 6.45) is -2.50. The summed E-state index contributed by atoms with van der Waals surface area (Å²) in [7, 11) is 0. The predicted octanol–water partition coefficient (Wildman–Crippen LogP) is 2.78. The van der Waals surface area contributed by atoms with Gasteiger partial charge in [0.1, 0.15) is 0 Å². The van der Waals surface area contributed by atoms with Crippen LogP contribution in [-0.4, -0.2) is 20.5 Å². The van der Waals surface area contributed by atoms with E-state index in [1.807, 2.05) is 20.8 Å². The molecule has 0 amide bonds. The van der Waals surface area contributed by atoms with Crippen LogP contribution >= 0.6 is 0 Å². The Morgan fingerprint density at radius 1 is 1.41 bits per heavy atom. The highest BCUT2D eigenvalue weighted by Gasteiger charge is 2.33. The lowest BCUT2D eigenvalue weighted by atomic mass is 9.90. The van der Waals surface area contributed by atoms with Gasteiger partial charge in [-0.25, -0.2) is 4.98 Å². The smallest absolute Gasteiger partial charge is 0.411 e. The SMILES string of the molecule is CC(C)(C)/C(Cn1cnc(C(F)(F)F)c1)=N\O. The first-order valence-corrected chi connectivity index (χ1v) is 4.95. The lowest BCUT2D eigenvalue weighted by Gasteiger charge is -2.19. The van der Waals surface area contributed by atoms with Gasteiger partial charge in [0.15, 0.2) is 5.69 Å². The third-order valence-corrected chi connectivity index (χ3v) is 2.24. The van der Waals surface area contributed by atoms with E-state index in [1.54, 1.807) is 0 Å². The fraction of sp³-hybridized carbons (Fsp3) is 0.600. The largest absolute Gasteiger partial charge is 0.434 e. The summed E-state index contributed by atoms with van der Waals surface area (Å²) >= 11 is 0. The summed E-state index contributed by atoms with van der Waals surface area (Å²) in [6, 6.07) is 0. The van der Waals surface area contributed by atoms with Crippen molar-refractivity contribution >= 4 is 5.71 Å². The third-order valence-electron chi connectivity index (χ3n) is 2.24. The maximum absolute atomic E-state index is 12.3. The second-order valence-electron chi connectivity index (χ2n) is 4.73. The van der Waals surface area contributed by atoms with E-state index in [0.29, 0.717) is 5.71 Å². The molecule has 1 aromatic heterocycles. The predicted molar refractivity (Wildman–Crippen MR) is 55.9 cm³/mol. The summed E-state index contributed by atoms with van der Waals surface area (Å²) < 4.78 is 38.1. The van der Waals surface area contributed by atoms with Crippen molar-refractivity contribution in [3.63, 3.8) is 0 Å². The summed E-state index contributed by atoms with van der Waals surface area (Å²) in [5.74, 6) is 0. The molecule has 4 nitrogen and oxygen atoms in total. The number of nitrogens with zero attached hydrogens (tertiary/aromatic N) is 3. The molecule has 0 radical (unpaired) electrons. The zero-order valence-corrected chi connectivity index (χ0v) is 9.78. The van der Waals surface area contributed by atoms with E-state index >= 15 is 0 Å². The molecule has 1 aromatic rings. The normalized spacial score (nSPS) is 14.1. The zero-order valence-electron chi connectivity index (χ0n) is 9.78. The lowest BCUT2D eigenvalue weighted by Crippen LogP contribution is -2.25. The van der Waals surface area contributed by atoms with Crippen LogP contribution in [-0.2, 0) is 12.7 Å². The molecule has 0 spiro atoms. The Kier molecular flexibility index (Phi) is 3.49. The quantitative estimate of drug-likeness (QED) is 0.497. The van der Waals surface area contributed by atoms with Crippen molar-refractivity contribution in [3.8, 4) is 0 Å². The van der Waals surface area contributed by atoms with Crippen molar-refractivity contribution in [2.45, 2.75) is 33.5 Å². The number of hydrogen-bond donors (Lipinski definition) is 1. The summed E-state index contributed by atoms with van der Waals surface area (Å²) in [4.78, 5) is 3.26. The zero-order chi connectivity index (χ0) is 13.3. The van der Waals surface area contributed by atoms with Crippen molar-refractivity contribution < 1.29 is 18.4 Å². The highest BCUT2D eigenvalue weighted by molar-refractivity contribution is 5.88. The monoisotopic (exact) mass is 249 g/mol. The number of aromatic nitrogens is 2. The van der Waals surface area contributed by atoms with Crippen molar-refractivity contribution in [1.82, 2.24) is 9.55 Å². The number of halogens is 3. The topological polar surface area (TPSA) is 50.4 Å². The Morgan fingerprint density at radius 2 is 2.00 bits per heavy atom. The Labute approximate surface area is 96.8 Å². The van der Waals surface area contributed by atoms with Crippen LogP contribution < -0.4 is 0 Å². The second kappa shape index (κ2) is 4.38. The molecule has 1 N–H and O–H groups in total. The second-order valence-corrected chi connectivity index (χ2v) is 4.73. The van der Waals surface area contributed by atoms with Gasteiger partial charge in [-0.05, 0) is 0 Å². The third kappa shape index (κ3) is 3.47. The molecule has 0 aromatic carbocycles. The van der Waals surface area contributed by atoms with Crippen LogP contribution in [0.3, 0.4) is 0 Å². The molecular formula is C10H14F3N3O. The standard InChI is InChI=1S/C10H14F3N3O/c1-9(2,3)7(15-17)4-16-5-8(14-6-16)10(11,12)13/h5-6,17H,4H2,1-3H3/b15-7-. The molecular weight excluding hydrogens is 235 g/mol. The van der Waals surface area contributed by atoms with Crippen molar-refractivity contribution in [2.75, 3.05) is 0 Å². The molecule has 0 fully saturated rings. The van der Waals surface area contributed by atoms with Gasteiger partial charge in [-0.1, -0.05) is 25.9 Å². The molecule has 0 saturated carbocycles. The van der Waals surface area contributed by atoms with Gasteiger partial charge in [0.2, 0.25) is 0 Å². The van der Waals surface area contributed by atoms with Gasteiger partial charge in [-0.15, -0.1) is 0 Å². The number of hydrogen-bond acceptors (Lipinski definition) is 3. The fourth-order valence-electron chi connectivity index (χ4n) is 1.18. The highest BCUT2D eigenvalue weighted by Crippen LogP contribution is 2.27. The van der Waals surface area contributed by atoms with E-state index in [-0.39, 0.29) is 6.54 Å². The van der Waals surface area contributed by atoms with E-state index in [0.717, 1.165) is 12.5 Å². The van der Waals surface area contributed by atoms with Gasteiger partial charge in [0, 0.05) is 11.6 Å². The van der Waals surface area contributed by atoms with Crippen LogP contribution in [0.5, 0.6) is 0 Å². The molecule has 0 unspecified atom stereocenters. The minimum atomic E-state index is -4.45. The molecule has 0 aliphatic rings. The fourth-order valence-corrected chi connectivity index (χ4v) is 1.18. The van der Waals surface area contributed by atoms with Crippen molar-refractivity contribution in [3.05, 3.63) is 18.2 Å². The van der Waals surface area contributed by atoms with E-state index in [2.05, 4.69) is 10.1 Å². The van der Waals surface area contributed by atoms with E-state index in [9.17, 15) is 13.2 Å². The van der Waals surface area contributed by atoms with Crippen LogP contribution in [0.2, 0.25) is 0 Å². The molecule has 0 atom stereocenters. The van der Waals surface area contributed by atoms with Crippen LogP contribution in [0.15, 0.2) is 17.7 Å². The van der Waals surface area contributed by atoms with Gasteiger partial charge >= 0.3 is 6.18 Å². The molecule has 0 aliphatic carbocycles. The minimum absolute atomic E-state index is 0.0725. The van der Waals surface area contributed by atoms with E-state index in [4.69, 9.17) is 5.21 Å². The number of imidazole rings is 1. The Balaban J connectivity index is 2.87. The first-order valence-electron chi connectivity index (χ1n) is 4.95. The van der Waals surface area contributed by atoms with Gasteiger partial charge in [-0.2, -0.15) is 13.2 Å². The van der Waals surface area contributed by atoms with Crippen LogP contribution in [0.1, 0.15) is 26.5 Å². The first-order chi connectivity index (χ1) is 7.64. The van der Waals surface area contributed by atoms with Gasteiger partial charge in [0.05, 0.1) is 18.6 Å². The van der Waals surface area contributed by atoms with E-state index < -0.39 is 17.3 Å². The maximum Gasteiger partial charge on any atom is 0.434 e. The summed E-state index contributed by atoms with van der Waals surface area (Å²) in [5, 5.41) is 11.9. The highest BCUT2D eigenvalue weighted by atomic mass is 19.4. The van der Waals surface area contributed by atoms with Gasteiger partial charge < -0.3 is 9.77 Å². The van der Waals surface area contributed by atoms with Crippen LogP contribution in [0.25, 0.3) is 0 Å². The number of rotatable bonds is 2. The summed E-state index contributed by atoms with van der Waals surface area (Å²) in [6.45, 7) is 5.50. The molecule has 96 valence electrons. The first kappa shape index (κ1) is 13.5. The average Bonchev–Trinajstić information content (AvgIpc) is 2.59. The minimum Gasteiger partial charge on any atom is -0.411 e. The van der Waals surface area contributed by atoms with Gasteiger partial charge in [-0.3, -0.25) is 0 Å². The van der Waals surface area contributed by atoms with Crippen LogP contribution in [0.4, 0.5) is 13.2 Å². The van der Waals surface area contributed by atoms with E-state index in [1.165, 1.54) is 4.57 Å². The van der Waals surface area contributed by atoms with Crippen molar-refractivity contribution in [1.29, 1.82) is 0 Å². The Hall–Kier alpha value is -1.53. The molecule has 0 aliphatic heterocycles. The van der Waals surface area contributed by atoms with Gasteiger partial charge in [0.25, 0.3) is 0 Å². The van der Waals surface area contributed by atoms with Crippen molar-refractivity contribution in [2.24, 2.45) is 10.6 Å². The maximum atomic E-state index is 12.3. The summed E-state index contributed by atoms with van der Waals surface area (Å²) in [5.41, 5.74) is -0.996. The molecule has 0 bridgehead atoms. The Bertz CT molecular complexity index is 415. The average molecular weight is 249 g/mol. The number of oxime groups is 1. The lowest BCUT2D eigenvalue weighted by molar-refractivity contribution is -0.140. The molecule has 0 saturated heterocycles. The molecule has 17 heavy (non-hydrogen) atoms. The molecule has 7 heteroatoms.